The third kappa shape index (κ3) is 6.57. The van der Waals surface area contributed by atoms with Crippen molar-refractivity contribution in [2.75, 3.05) is 32.8 Å². The molecule has 20 heavy (non-hydrogen) atoms. The van der Waals surface area contributed by atoms with Crippen LogP contribution in [0.3, 0.4) is 0 Å². The topological polar surface area (TPSA) is 64.6 Å². The summed E-state index contributed by atoms with van der Waals surface area (Å²) in [5.41, 5.74) is 0. The Morgan fingerprint density at radius 2 is 2.20 bits per heavy atom. The van der Waals surface area contributed by atoms with Crippen LogP contribution in [0, 0.1) is 11.8 Å². The molecule has 0 radical (unpaired) electrons. The number of hydrogen-bond acceptors (Lipinski definition) is 3. The zero-order valence-electron chi connectivity index (χ0n) is 13.2. The molecule has 5 nitrogen and oxygen atoms in total. The molecule has 3 N–H and O–H groups in total. The van der Waals surface area contributed by atoms with Crippen molar-refractivity contribution in [2.45, 2.75) is 46.1 Å². The molecule has 118 valence electrons. The average molecular weight is 285 g/mol. The molecule has 0 saturated carbocycles. The number of carbonyl (C=O) groups is 1. The van der Waals surface area contributed by atoms with Gasteiger partial charge in [-0.1, -0.05) is 20.8 Å². The van der Waals surface area contributed by atoms with Gasteiger partial charge in [0.1, 0.15) is 0 Å². The normalized spacial score (nSPS) is 21.8. The predicted molar refractivity (Wildman–Crippen MR) is 81.7 cm³/mol. The van der Waals surface area contributed by atoms with Crippen LogP contribution >= 0.6 is 0 Å². The highest BCUT2D eigenvalue weighted by molar-refractivity contribution is 5.74. The molecule has 1 heterocycles. The molecule has 0 spiro atoms. The van der Waals surface area contributed by atoms with Crippen molar-refractivity contribution in [3.8, 4) is 0 Å². The average Bonchev–Trinajstić information content (AvgIpc) is 2.38. The summed E-state index contributed by atoms with van der Waals surface area (Å²) in [5, 5.41) is 14.8. The Kier molecular flexibility index (Phi) is 7.92. The number of nitrogens with zero attached hydrogens (tertiary/aromatic N) is 1. The minimum absolute atomic E-state index is 0.0370. The summed E-state index contributed by atoms with van der Waals surface area (Å²) in [5.74, 6) is 1.10. The number of piperidine rings is 1. The summed E-state index contributed by atoms with van der Waals surface area (Å²) in [6.45, 7) is 10.4. The van der Waals surface area contributed by atoms with Crippen LogP contribution in [-0.2, 0) is 0 Å². The van der Waals surface area contributed by atoms with Crippen LogP contribution in [-0.4, -0.2) is 54.9 Å². The van der Waals surface area contributed by atoms with Gasteiger partial charge in [0, 0.05) is 32.3 Å². The van der Waals surface area contributed by atoms with E-state index in [9.17, 15) is 4.79 Å². The van der Waals surface area contributed by atoms with Gasteiger partial charge in [-0.05, 0) is 37.6 Å². The molecular formula is C15H31N3O2. The van der Waals surface area contributed by atoms with Crippen molar-refractivity contribution in [1.29, 1.82) is 0 Å². The van der Waals surface area contributed by atoms with Crippen LogP contribution in [0.15, 0.2) is 0 Å². The molecule has 0 aromatic rings. The van der Waals surface area contributed by atoms with Gasteiger partial charge in [0.2, 0.25) is 0 Å². The molecule has 0 aliphatic carbocycles. The zero-order valence-corrected chi connectivity index (χ0v) is 13.2. The first-order valence-corrected chi connectivity index (χ1v) is 7.90. The van der Waals surface area contributed by atoms with Gasteiger partial charge < -0.3 is 20.6 Å². The number of carbonyl (C=O) groups excluding carboxylic acids is 1. The summed E-state index contributed by atoms with van der Waals surface area (Å²) in [4.78, 5) is 14.2. The Hall–Kier alpha value is -0.810. The molecule has 1 fully saturated rings. The zero-order chi connectivity index (χ0) is 15.0. The lowest BCUT2D eigenvalue weighted by molar-refractivity contribution is 0.182. The predicted octanol–water partition coefficient (Wildman–Crippen LogP) is 1.42. The summed E-state index contributed by atoms with van der Waals surface area (Å²) in [7, 11) is 0. The van der Waals surface area contributed by atoms with E-state index in [1.807, 2.05) is 0 Å². The fourth-order valence-corrected chi connectivity index (χ4v) is 2.75. The number of nitrogens with one attached hydrogen (secondary N) is 2. The first-order chi connectivity index (χ1) is 9.52. The van der Waals surface area contributed by atoms with Crippen molar-refractivity contribution in [3.63, 3.8) is 0 Å². The fraction of sp³-hybridized carbons (Fsp3) is 0.933. The van der Waals surface area contributed by atoms with Crippen LogP contribution < -0.4 is 10.6 Å². The largest absolute Gasteiger partial charge is 0.396 e. The van der Waals surface area contributed by atoms with Crippen LogP contribution in [0.1, 0.15) is 40.0 Å². The van der Waals surface area contributed by atoms with E-state index in [4.69, 9.17) is 5.11 Å². The number of urea groups is 1. The monoisotopic (exact) mass is 285 g/mol. The van der Waals surface area contributed by atoms with Gasteiger partial charge in [-0.2, -0.15) is 0 Å². The van der Waals surface area contributed by atoms with E-state index in [2.05, 4.69) is 36.3 Å². The number of aliphatic hydroxyl groups is 1. The van der Waals surface area contributed by atoms with Gasteiger partial charge in [-0.25, -0.2) is 4.79 Å². The maximum atomic E-state index is 11.8. The number of amides is 2. The minimum atomic E-state index is -0.123. The Bertz CT molecular complexity index is 284. The third-order valence-corrected chi connectivity index (χ3v) is 4.02. The van der Waals surface area contributed by atoms with Crippen molar-refractivity contribution in [3.05, 3.63) is 0 Å². The molecule has 1 aliphatic rings. The van der Waals surface area contributed by atoms with E-state index >= 15 is 0 Å². The van der Waals surface area contributed by atoms with E-state index in [1.165, 1.54) is 12.8 Å². The SMILES string of the molecule is CC1CCCN(CCNC(=O)NC(CCO)C(C)C)C1. The van der Waals surface area contributed by atoms with Gasteiger partial charge in [0.25, 0.3) is 0 Å². The fourth-order valence-electron chi connectivity index (χ4n) is 2.75. The van der Waals surface area contributed by atoms with Crippen LogP contribution in [0.25, 0.3) is 0 Å². The highest BCUT2D eigenvalue weighted by Gasteiger charge is 2.17. The first kappa shape index (κ1) is 17.2. The van der Waals surface area contributed by atoms with Crippen LogP contribution in [0.2, 0.25) is 0 Å². The molecule has 0 aromatic carbocycles. The summed E-state index contributed by atoms with van der Waals surface area (Å²) >= 11 is 0. The van der Waals surface area contributed by atoms with Crippen molar-refractivity contribution in [2.24, 2.45) is 11.8 Å². The van der Waals surface area contributed by atoms with E-state index in [0.717, 1.165) is 25.6 Å². The van der Waals surface area contributed by atoms with E-state index in [1.54, 1.807) is 0 Å². The molecule has 2 amide bonds. The Morgan fingerprint density at radius 1 is 1.45 bits per heavy atom. The second-order valence-electron chi connectivity index (χ2n) is 6.31. The maximum absolute atomic E-state index is 11.8. The maximum Gasteiger partial charge on any atom is 0.315 e. The Balaban J connectivity index is 2.18. The van der Waals surface area contributed by atoms with Gasteiger partial charge >= 0.3 is 6.03 Å². The van der Waals surface area contributed by atoms with Crippen molar-refractivity contribution >= 4 is 6.03 Å². The van der Waals surface area contributed by atoms with Crippen LogP contribution in [0.5, 0.6) is 0 Å². The summed E-state index contributed by atoms with van der Waals surface area (Å²) < 4.78 is 0. The minimum Gasteiger partial charge on any atom is -0.396 e. The smallest absolute Gasteiger partial charge is 0.315 e. The van der Waals surface area contributed by atoms with Crippen molar-refractivity contribution < 1.29 is 9.90 Å². The number of aliphatic hydroxyl groups excluding tert-OH is 1. The highest BCUT2D eigenvalue weighted by Crippen LogP contribution is 2.14. The Morgan fingerprint density at radius 3 is 2.80 bits per heavy atom. The lowest BCUT2D eigenvalue weighted by Gasteiger charge is -2.30. The lowest BCUT2D eigenvalue weighted by Crippen LogP contribution is -2.47. The van der Waals surface area contributed by atoms with E-state index in [0.29, 0.717) is 18.9 Å². The van der Waals surface area contributed by atoms with Crippen LogP contribution in [0.4, 0.5) is 4.79 Å². The first-order valence-electron chi connectivity index (χ1n) is 7.90. The quantitative estimate of drug-likeness (QED) is 0.663. The molecule has 1 aliphatic heterocycles. The molecular weight excluding hydrogens is 254 g/mol. The molecule has 5 heteroatoms. The number of likely N-dealkylation sites (tertiary alicyclic amines) is 1. The Labute approximate surface area is 123 Å². The van der Waals surface area contributed by atoms with Gasteiger partial charge in [0.05, 0.1) is 0 Å². The molecule has 0 aromatic heterocycles. The lowest BCUT2D eigenvalue weighted by atomic mass is 10.0. The molecule has 2 atom stereocenters. The number of hydrogen-bond donors (Lipinski definition) is 3. The molecule has 1 saturated heterocycles. The van der Waals surface area contributed by atoms with E-state index < -0.39 is 0 Å². The molecule has 0 bridgehead atoms. The summed E-state index contributed by atoms with van der Waals surface area (Å²) in [6.07, 6.45) is 3.19. The standard InChI is InChI=1S/C15H31N3O2/c1-12(2)14(6-10-19)17-15(20)16-7-9-18-8-4-5-13(3)11-18/h12-14,19H,4-11H2,1-3H3,(H2,16,17,20). The second kappa shape index (κ2) is 9.19. The van der Waals surface area contributed by atoms with Gasteiger partial charge in [-0.3, -0.25) is 0 Å². The third-order valence-electron chi connectivity index (χ3n) is 4.02. The van der Waals surface area contributed by atoms with Gasteiger partial charge in [0.15, 0.2) is 0 Å². The summed E-state index contributed by atoms with van der Waals surface area (Å²) in [6, 6.07) is -0.0859. The highest BCUT2D eigenvalue weighted by atomic mass is 16.3. The van der Waals surface area contributed by atoms with Crippen molar-refractivity contribution in [1.82, 2.24) is 15.5 Å². The number of rotatable bonds is 7. The van der Waals surface area contributed by atoms with Gasteiger partial charge in [-0.15, -0.1) is 0 Å². The van der Waals surface area contributed by atoms with E-state index in [-0.39, 0.29) is 18.7 Å². The molecule has 1 rings (SSSR count). The second-order valence-corrected chi connectivity index (χ2v) is 6.31. The molecule has 2 unspecified atom stereocenters.